The number of fused-ring (bicyclic) bond motifs is 8. The average molecular weight is 477 g/mol. The van der Waals surface area contributed by atoms with Crippen molar-refractivity contribution in [3.05, 3.63) is 115 Å². The maximum atomic E-state index is 6.37. The Morgan fingerprint density at radius 3 is 2.22 bits per heavy atom. The number of oxazole rings is 1. The Kier molecular flexibility index (Phi) is 4.19. The lowest BCUT2D eigenvalue weighted by molar-refractivity contribution is 0.623. The molecule has 0 saturated heterocycles. The number of furan rings is 1. The predicted octanol–water partition coefficient (Wildman–Crippen LogP) is 9.44. The molecule has 0 aliphatic heterocycles. The molecule has 0 atom stereocenters. The van der Waals surface area contributed by atoms with Gasteiger partial charge in [-0.05, 0) is 64.7 Å². The minimum absolute atomic E-state index is 0.633. The maximum Gasteiger partial charge on any atom is 0.227 e. The van der Waals surface area contributed by atoms with Crippen LogP contribution in [0.1, 0.15) is 0 Å². The minimum atomic E-state index is 0.633. The Balaban J connectivity index is 1.27. The van der Waals surface area contributed by atoms with E-state index in [2.05, 4.69) is 66.0 Å². The Labute approximate surface area is 211 Å². The number of hydrogen-bond donors (Lipinski definition) is 1. The molecule has 8 rings (SSSR count). The van der Waals surface area contributed by atoms with Crippen LogP contribution < -0.4 is 5.32 Å². The molecule has 0 aliphatic rings. The van der Waals surface area contributed by atoms with Crippen molar-refractivity contribution >= 4 is 66.0 Å². The molecule has 0 bridgehead atoms. The van der Waals surface area contributed by atoms with Gasteiger partial charge in [-0.15, -0.1) is 0 Å². The molecule has 0 spiro atoms. The molecule has 0 amide bonds. The van der Waals surface area contributed by atoms with Crippen LogP contribution >= 0.6 is 0 Å². The van der Waals surface area contributed by atoms with Crippen LogP contribution in [0.15, 0.2) is 124 Å². The lowest BCUT2D eigenvalue weighted by Crippen LogP contribution is -1.90. The van der Waals surface area contributed by atoms with Gasteiger partial charge < -0.3 is 14.2 Å². The summed E-state index contributed by atoms with van der Waals surface area (Å²) < 4.78 is 12.5. The van der Waals surface area contributed by atoms with E-state index in [0.717, 1.165) is 71.5 Å². The van der Waals surface area contributed by atoms with E-state index in [1.54, 1.807) is 0 Å². The van der Waals surface area contributed by atoms with Crippen molar-refractivity contribution in [2.75, 3.05) is 5.32 Å². The van der Waals surface area contributed by atoms with Gasteiger partial charge in [0.05, 0.1) is 0 Å². The molecule has 4 heteroatoms. The maximum absolute atomic E-state index is 6.37. The van der Waals surface area contributed by atoms with Crippen LogP contribution in [0, 0.1) is 0 Å². The zero-order valence-electron chi connectivity index (χ0n) is 19.7. The molecule has 174 valence electrons. The second-order valence-electron chi connectivity index (χ2n) is 9.33. The van der Waals surface area contributed by atoms with E-state index in [1.807, 2.05) is 54.6 Å². The zero-order valence-corrected chi connectivity index (χ0v) is 19.7. The summed E-state index contributed by atoms with van der Waals surface area (Å²) in [5, 5.41) is 10.3. The number of para-hydroxylation sites is 1. The number of nitrogens with one attached hydrogen (secondary N) is 1. The Morgan fingerprint density at radius 1 is 0.541 bits per heavy atom. The van der Waals surface area contributed by atoms with Crippen molar-refractivity contribution < 1.29 is 8.83 Å². The minimum Gasteiger partial charge on any atom is -0.456 e. The standard InChI is InChI=1S/C33H20N2O2/c1-2-6-22(7-3-1)33-35-28-17-13-21-11-10-20-12-14-23(18-27(20)31(21)32(28)37-33)34-24-15-16-26-25-8-4-5-9-29(25)36-30(26)19-24/h1-19,34H. The van der Waals surface area contributed by atoms with E-state index in [1.165, 1.54) is 0 Å². The molecule has 0 saturated carbocycles. The quantitative estimate of drug-likeness (QED) is 0.258. The van der Waals surface area contributed by atoms with E-state index >= 15 is 0 Å². The van der Waals surface area contributed by atoms with Gasteiger partial charge in [0, 0.05) is 39.2 Å². The van der Waals surface area contributed by atoms with Gasteiger partial charge in [0.15, 0.2) is 5.58 Å². The van der Waals surface area contributed by atoms with Crippen LogP contribution in [0.2, 0.25) is 0 Å². The van der Waals surface area contributed by atoms with Gasteiger partial charge in [-0.1, -0.05) is 60.7 Å². The Bertz CT molecular complexity index is 2120. The third-order valence-electron chi connectivity index (χ3n) is 7.04. The first kappa shape index (κ1) is 20.1. The lowest BCUT2D eigenvalue weighted by Gasteiger charge is -2.10. The molecule has 0 aliphatic carbocycles. The summed E-state index contributed by atoms with van der Waals surface area (Å²) in [4.78, 5) is 4.78. The number of rotatable bonds is 3. The number of benzene rings is 6. The monoisotopic (exact) mass is 476 g/mol. The van der Waals surface area contributed by atoms with Gasteiger partial charge in [0.1, 0.15) is 16.7 Å². The first-order valence-corrected chi connectivity index (χ1v) is 12.3. The SMILES string of the molecule is c1ccc(-c2nc3ccc4ccc5ccc(Nc6ccc7c(c6)oc6ccccc67)cc5c4c3o2)cc1. The largest absolute Gasteiger partial charge is 0.456 e. The highest BCUT2D eigenvalue weighted by molar-refractivity contribution is 6.18. The summed E-state index contributed by atoms with van der Waals surface area (Å²) >= 11 is 0. The second-order valence-corrected chi connectivity index (χ2v) is 9.33. The third kappa shape index (κ3) is 3.20. The Hall–Kier alpha value is -5.09. The number of anilines is 2. The molecule has 4 nitrogen and oxygen atoms in total. The molecule has 0 radical (unpaired) electrons. The van der Waals surface area contributed by atoms with Crippen LogP contribution in [0.25, 0.3) is 66.0 Å². The van der Waals surface area contributed by atoms with Gasteiger partial charge in [-0.3, -0.25) is 0 Å². The van der Waals surface area contributed by atoms with Gasteiger partial charge in [-0.25, -0.2) is 4.98 Å². The topological polar surface area (TPSA) is 51.2 Å². The normalized spacial score (nSPS) is 11.8. The smallest absolute Gasteiger partial charge is 0.227 e. The van der Waals surface area contributed by atoms with Gasteiger partial charge in [0.25, 0.3) is 0 Å². The summed E-state index contributed by atoms with van der Waals surface area (Å²) in [5.41, 5.74) is 6.37. The Morgan fingerprint density at radius 2 is 1.27 bits per heavy atom. The first-order chi connectivity index (χ1) is 18.3. The van der Waals surface area contributed by atoms with Crippen molar-refractivity contribution in [3.63, 3.8) is 0 Å². The molecule has 6 aromatic carbocycles. The highest BCUT2D eigenvalue weighted by atomic mass is 16.3. The first-order valence-electron chi connectivity index (χ1n) is 12.3. The van der Waals surface area contributed by atoms with E-state index in [-0.39, 0.29) is 0 Å². The van der Waals surface area contributed by atoms with Gasteiger partial charge >= 0.3 is 0 Å². The van der Waals surface area contributed by atoms with E-state index in [4.69, 9.17) is 13.8 Å². The van der Waals surface area contributed by atoms with E-state index in [9.17, 15) is 0 Å². The molecule has 0 unspecified atom stereocenters. The fraction of sp³-hybridized carbons (Fsp3) is 0. The van der Waals surface area contributed by atoms with Crippen molar-refractivity contribution in [3.8, 4) is 11.5 Å². The van der Waals surface area contributed by atoms with Crippen LogP contribution in [0.3, 0.4) is 0 Å². The number of aromatic nitrogens is 1. The molecule has 2 aromatic heterocycles. The van der Waals surface area contributed by atoms with Crippen molar-refractivity contribution in [2.45, 2.75) is 0 Å². The average Bonchev–Trinajstić information content (AvgIpc) is 3.54. The van der Waals surface area contributed by atoms with Gasteiger partial charge in [0.2, 0.25) is 5.89 Å². The van der Waals surface area contributed by atoms with Crippen molar-refractivity contribution in [2.24, 2.45) is 0 Å². The van der Waals surface area contributed by atoms with Crippen molar-refractivity contribution in [1.82, 2.24) is 4.98 Å². The summed E-state index contributed by atoms with van der Waals surface area (Å²) in [6, 6.07) is 39.3. The number of hydrogen-bond acceptors (Lipinski definition) is 4. The molecule has 37 heavy (non-hydrogen) atoms. The highest BCUT2D eigenvalue weighted by Crippen LogP contribution is 2.37. The number of nitrogens with zero attached hydrogens (tertiary/aromatic N) is 1. The zero-order chi connectivity index (χ0) is 24.3. The molecular formula is C33H20N2O2. The van der Waals surface area contributed by atoms with E-state index < -0.39 is 0 Å². The summed E-state index contributed by atoms with van der Waals surface area (Å²) in [6.07, 6.45) is 0. The molecule has 2 heterocycles. The third-order valence-corrected chi connectivity index (χ3v) is 7.04. The molecular weight excluding hydrogens is 456 g/mol. The lowest BCUT2D eigenvalue weighted by atomic mass is 10.0. The highest BCUT2D eigenvalue weighted by Gasteiger charge is 2.14. The van der Waals surface area contributed by atoms with Crippen LogP contribution in [0.5, 0.6) is 0 Å². The summed E-state index contributed by atoms with van der Waals surface area (Å²) in [7, 11) is 0. The van der Waals surface area contributed by atoms with Crippen LogP contribution in [-0.2, 0) is 0 Å². The predicted molar refractivity (Wildman–Crippen MR) is 151 cm³/mol. The van der Waals surface area contributed by atoms with Crippen LogP contribution in [-0.4, -0.2) is 4.98 Å². The molecule has 0 fully saturated rings. The second kappa shape index (κ2) is 7.70. The fourth-order valence-corrected chi connectivity index (χ4v) is 5.27. The summed E-state index contributed by atoms with van der Waals surface area (Å²) in [5.74, 6) is 0.633. The fourth-order valence-electron chi connectivity index (χ4n) is 5.27. The van der Waals surface area contributed by atoms with Crippen LogP contribution in [0.4, 0.5) is 11.4 Å². The molecule has 1 N–H and O–H groups in total. The summed E-state index contributed by atoms with van der Waals surface area (Å²) in [6.45, 7) is 0. The van der Waals surface area contributed by atoms with Crippen molar-refractivity contribution in [1.29, 1.82) is 0 Å². The molecule has 8 aromatic rings. The van der Waals surface area contributed by atoms with Gasteiger partial charge in [-0.2, -0.15) is 0 Å². The van der Waals surface area contributed by atoms with E-state index in [0.29, 0.717) is 5.89 Å².